The summed E-state index contributed by atoms with van der Waals surface area (Å²) in [7, 11) is 0. The summed E-state index contributed by atoms with van der Waals surface area (Å²) >= 11 is 5.54. The highest BCUT2D eigenvalue weighted by Gasteiger charge is 2.09. The average molecular weight is 473 g/mol. The number of halogens is 2. The molecule has 0 aliphatic rings. The van der Waals surface area contributed by atoms with Gasteiger partial charge in [0.05, 0.1) is 6.54 Å². The van der Waals surface area contributed by atoms with E-state index in [1.165, 1.54) is 0 Å². The standard InChI is InChI=1S/C16H14BrIN2O2/c1-10-7-13(5-6-14(10)17)20-15(21)9-19-16(22)11-3-2-4-12(18)8-11/h2-8H,9H2,1H3,(H,19,22)(H,20,21). The molecule has 114 valence electrons. The summed E-state index contributed by atoms with van der Waals surface area (Å²) in [5.41, 5.74) is 2.27. The topological polar surface area (TPSA) is 58.2 Å². The predicted octanol–water partition coefficient (Wildman–Crippen LogP) is 3.73. The maximum Gasteiger partial charge on any atom is 0.251 e. The molecule has 0 bridgehead atoms. The third-order valence-electron chi connectivity index (χ3n) is 2.94. The average Bonchev–Trinajstić information content (AvgIpc) is 2.48. The molecule has 0 radical (unpaired) electrons. The van der Waals surface area contributed by atoms with Crippen LogP contribution in [0.15, 0.2) is 46.9 Å². The molecule has 0 unspecified atom stereocenters. The smallest absolute Gasteiger partial charge is 0.251 e. The Hall–Kier alpha value is -1.41. The second-order valence-corrected chi connectivity index (χ2v) is 6.81. The molecular formula is C16H14BrIN2O2. The molecule has 2 rings (SSSR count). The van der Waals surface area contributed by atoms with Crippen LogP contribution < -0.4 is 10.6 Å². The third kappa shape index (κ3) is 4.81. The van der Waals surface area contributed by atoms with Crippen molar-refractivity contribution in [2.24, 2.45) is 0 Å². The third-order valence-corrected chi connectivity index (χ3v) is 4.50. The van der Waals surface area contributed by atoms with Crippen molar-refractivity contribution >= 4 is 56.0 Å². The minimum absolute atomic E-state index is 0.0700. The number of rotatable bonds is 4. The molecule has 2 aromatic carbocycles. The van der Waals surface area contributed by atoms with Crippen LogP contribution in [0.5, 0.6) is 0 Å². The molecule has 2 aromatic rings. The molecule has 0 spiro atoms. The minimum Gasteiger partial charge on any atom is -0.343 e. The highest BCUT2D eigenvalue weighted by atomic mass is 127. The molecule has 0 heterocycles. The van der Waals surface area contributed by atoms with Gasteiger partial charge < -0.3 is 10.6 Å². The zero-order valence-corrected chi connectivity index (χ0v) is 15.6. The molecule has 2 amide bonds. The molecule has 4 nitrogen and oxygen atoms in total. The Morgan fingerprint density at radius 1 is 1.18 bits per heavy atom. The molecule has 0 saturated heterocycles. The number of nitrogens with one attached hydrogen (secondary N) is 2. The van der Waals surface area contributed by atoms with E-state index < -0.39 is 0 Å². The zero-order chi connectivity index (χ0) is 16.1. The van der Waals surface area contributed by atoms with Crippen molar-refractivity contribution in [3.63, 3.8) is 0 Å². The summed E-state index contributed by atoms with van der Waals surface area (Å²) in [5.74, 6) is -0.527. The van der Waals surface area contributed by atoms with Crippen molar-refractivity contribution in [1.29, 1.82) is 0 Å². The monoisotopic (exact) mass is 472 g/mol. The Morgan fingerprint density at radius 3 is 2.64 bits per heavy atom. The number of carbonyl (C=O) groups excluding carboxylic acids is 2. The molecule has 6 heteroatoms. The first-order valence-corrected chi connectivity index (χ1v) is 8.42. The number of aryl methyl sites for hydroxylation is 1. The number of benzene rings is 2. The number of hydrogen-bond acceptors (Lipinski definition) is 2. The van der Waals surface area contributed by atoms with Gasteiger partial charge in [-0.1, -0.05) is 22.0 Å². The van der Waals surface area contributed by atoms with Crippen molar-refractivity contribution in [3.05, 3.63) is 61.6 Å². The lowest BCUT2D eigenvalue weighted by Gasteiger charge is -2.08. The van der Waals surface area contributed by atoms with E-state index in [9.17, 15) is 9.59 Å². The van der Waals surface area contributed by atoms with Crippen molar-refractivity contribution in [2.45, 2.75) is 6.92 Å². The summed E-state index contributed by atoms with van der Waals surface area (Å²) in [6.07, 6.45) is 0. The van der Waals surface area contributed by atoms with Crippen LogP contribution in [0.1, 0.15) is 15.9 Å². The van der Waals surface area contributed by atoms with E-state index in [0.717, 1.165) is 13.6 Å². The van der Waals surface area contributed by atoms with Gasteiger partial charge >= 0.3 is 0 Å². The van der Waals surface area contributed by atoms with Crippen LogP contribution in [0.4, 0.5) is 5.69 Å². The number of amides is 2. The van der Waals surface area contributed by atoms with Crippen molar-refractivity contribution in [3.8, 4) is 0 Å². The van der Waals surface area contributed by atoms with Gasteiger partial charge in [-0.2, -0.15) is 0 Å². The SMILES string of the molecule is Cc1cc(NC(=O)CNC(=O)c2cccc(I)c2)ccc1Br. The lowest BCUT2D eigenvalue weighted by molar-refractivity contribution is -0.115. The van der Waals surface area contributed by atoms with Crippen LogP contribution in [0.25, 0.3) is 0 Å². The first-order valence-electron chi connectivity index (χ1n) is 6.55. The molecule has 0 fully saturated rings. The summed E-state index contributed by atoms with van der Waals surface area (Å²) < 4.78 is 1.96. The largest absolute Gasteiger partial charge is 0.343 e. The molecule has 0 aliphatic heterocycles. The zero-order valence-electron chi connectivity index (χ0n) is 11.8. The van der Waals surface area contributed by atoms with Crippen LogP contribution in [-0.2, 0) is 4.79 Å². The first kappa shape index (κ1) is 17.0. The van der Waals surface area contributed by atoms with Crippen LogP contribution >= 0.6 is 38.5 Å². The minimum atomic E-state index is -0.263. The van der Waals surface area contributed by atoms with Crippen molar-refractivity contribution in [1.82, 2.24) is 5.32 Å². The van der Waals surface area contributed by atoms with E-state index in [1.807, 2.05) is 25.1 Å². The molecule has 0 aliphatic carbocycles. The van der Waals surface area contributed by atoms with Crippen LogP contribution in [0, 0.1) is 10.5 Å². The van der Waals surface area contributed by atoms with Crippen LogP contribution in [0.3, 0.4) is 0 Å². The Balaban J connectivity index is 1.90. The summed E-state index contributed by atoms with van der Waals surface area (Å²) in [4.78, 5) is 23.8. The van der Waals surface area contributed by atoms with Gasteiger partial charge in [-0.15, -0.1) is 0 Å². The second kappa shape index (κ2) is 7.73. The predicted molar refractivity (Wildman–Crippen MR) is 99.0 cm³/mol. The maximum absolute atomic E-state index is 12.0. The first-order chi connectivity index (χ1) is 10.5. The molecule has 0 saturated carbocycles. The van der Waals surface area contributed by atoms with E-state index in [-0.39, 0.29) is 18.4 Å². The van der Waals surface area contributed by atoms with E-state index in [4.69, 9.17) is 0 Å². The normalized spacial score (nSPS) is 10.1. The fraction of sp³-hybridized carbons (Fsp3) is 0.125. The van der Waals surface area contributed by atoms with E-state index >= 15 is 0 Å². The van der Waals surface area contributed by atoms with Gasteiger partial charge in [-0.05, 0) is 71.5 Å². The van der Waals surface area contributed by atoms with Crippen LogP contribution in [0.2, 0.25) is 0 Å². The number of hydrogen-bond donors (Lipinski definition) is 2. The Morgan fingerprint density at radius 2 is 1.95 bits per heavy atom. The molecular weight excluding hydrogens is 459 g/mol. The fourth-order valence-corrected chi connectivity index (χ4v) is 2.61. The van der Waals surface area contributed by atoms with Crippen LogP contribution in [-0.4, -0.2) is 18.4 Å². The summed E-state index contributed by atoms with van der Waals surface area (Å²) in [5, 5.41) is 5.36. The molecule has 0 aromatic heterocycles. The highest BCUT2D eigenvalue weighted by Crippen LogP contribution is 2.19. The molecule has 2 N–H and O–H groups in total. The summed E-state index contributed by atoms with van der Waals surface area (Å²) in [6.45, 7) is 1.87. The Bertz CT molecular complexity index is 719. The van der Waals surface area contributed by atoms with Gasteiger partial charge in [-0.3, -0.25) is 9.59 Å². The van der Waals surface area contributed by atoms with Gasteiger partial charge in [0.1, 0.15) is 0 Å². The quantitative estimate of drug-likeness (QED) is 0.666. The summed E-state index contributed by atoms with van der Waals surface area (Å²) in [6, 6.07) is 12.7. The molecule has 22 heavy (non-hydrogen) atoms. The second-order valence-electron chi connectivity index (χ2n) is 4.71. The maximum atomic E-state index is 12.0. The van der Waals surface area contributed by atoms with Gasteiger partial charge in [0.15, 0.2) is 0 Å². The van der Waals surface area contributed by atoms with Crippen molar-refractivity contribution < 1.29 is 9.59 Å². The Kier molecular flexibility index (Phi) is 5.96. The van der Waals surface area contributed by atoms with E-state index in [0.29, 0.717) is 11.3 Å². The van der Waals surface area contributed by atoms with Gasteiger partial charge in [-0.25, -0.2) is 0 Å². The lowest BCUT2D eigenvalue weighted by Crippen LogP contribution is -2.32. The fourth-order valence-electron chi connectivity index (χ4n) is 1.82. The van der Waals surface area contributed by atoms with E-state index in [1.54, 1.807) is 24.3 Å². The van der Waals surface area contributed by atoms with Gasteiger partial charge in [0.25, 0.3) is 5.91 Å². The Labute approximate surface area is 151 Å². The lowest BCUT2D eigenvalue weighted by atomic mass is 10.2. The van der Waals surface area contributed by atoms with Gasteiger partial charge in [0, 0.05) is 19.3 Å². The van der Waals surface area contributed by atoms with Crippen molar-refractivity contribution in [2.75, 3.05) is 11.9 Å². The number of carbonyl (C=O) groups is 2. The van der Waals surface area contributed by atoms with E-state index in [2.05, 4.69) is 49.2 Å². The highest BCUT2D eigenvalue weighted by molar-refractivity contribution is 14.1. The van der Waals surface area contributed by atoms with Gasteiger partial charge in [0.2, 0.25) is 5.91 Å². The number of anilines is 1. The molecule has 0 atom stereocenters.